The largest absolute Gasteiger partial charge is 0.494 e. The number of ether oxygens (including phenoxy) is 1. The summed E-state index contributed by atoms with van der Waals surface area (Å²) in [5.41, 5.74) is 0.726. The van der Waals surface area contributed by atoms with Gasteiger partial charge in [0.15, 0.2) is 5.78 Å². The molecule has 2 aromatic rings. The second-order valence-corrected chi connectivity index (χ2v) is 4.20. The van der Waals surface area contributed by atoms with E-state index in [2.05, 4.69) is 0 Å². The summed E-state index contributed by atoms with van der Waals surface area (Å²) in [7, 11) is 0. The normalized spacial score (nSPS) is 10.2. The molecule has 0 saturated carbocycles. The number of ketones is 1. The Kier molecular flexibility index (Phi) is 4.67. The second kappa shape index (κ2) is 6.69. The summed E-state index contributed by atoms with van der Waals surface area (Å²) < 4.78 is 18.1. The third kappa shape index (κ3) is 4.21. The van der Waals surface area contributed by atoms with E-state index in [0.29, 0.717) is 25.2 Å². The third-order valence-electron chi connectivity index (χ3n) is 2.73. The Bertz CT molecular complexity index is 520. The van der Waals surface area contributed by atoms with Crippen LogP contribution in [0.2, 0.25) is 0 Å². The first-order valence-corrected chi connectivity index (χ1v) is 6.22. The topological polar surface area (TPSA) is 26.3 Å². The maximum absolute atomic E-state index is 12.7. The molecule has 0 aliphatic carbocycles. The van der Waals surface area contributed by atoms with Gasteiger partial charge in [0, 0.05) is 12.0 Å². The van der Waals surface area contributed by atoms with Gasteiger partial charge in [0.05, 0.1) is 6.61 Å². The molecule has 0 fully saturated rings. The molecule has 0 aromatic heterocycles. The van der Waals surface area contributed by atoms with Crippen LogP contribution in [0.1, 0.15) is 23.2 Å². The number of carbonyl (C=O) groups excluding carboxylic acids is 1. The first kappa shape index (κ1) is 13.3. The van der Waals surface area contributed by atoms with Gasteiger partial charge >= 0.3 is 0 Å². The van der Waals surface area contributed by atoms with Crippen molar-refractivity contribution in [1.29, 1.82) is 0 Å². The van der Waals surface area contributed by atoms with E-state index in [9.17, 15) is 9.18 Å². The maximum Gasteiger partial charge on any atom is 0.163 e. The fourth-order valence-electron chi connectivity index (χ4n) is 1.72. The number of Topliss-reactive ketones (excluding diaryl/α,β-unsaturated/α-hetero) is 1. The Morgan fingerprint density at radius 3 is 2.37 bits per heavy atom. The summed E-state index contributed by atoms with van der Waals surface area (Å²) >= 11 is 0. The van der Waals surface area contributed by atoms with Gasteiger partial charge in [-0.2, -0.15) is 0 Å². The number of halogens is 1. The predicted molar refractivity (Wildman–Crippen MR) is 71.9 cm³/mol. The first-order valence-electron chi connectivity index (χ1n) is 6.22. The van der Waals surface area contributed by atoms with E-state index < -0.39 is 0 Å². The summed E-state index contributed by atoms with van der Waals surface area (Å²) in [5.74, 6) is 0.448. The van der Waals surface area contributed by atoms with E-state index >= 15 is 0 Å². The van der Waals surface area contributed by atoms with Gasteiger partial charge in [0.1, 0.15) is 11.6 Å². The molecule has 2 nitrogen and oxygen atoms in total. The fraction of sp³-hybridized carbons (Fsp3) is 0.188. The average Bonchev–Trinajstić information content (AvgIpc) is 2.46. The van der Waals surface area contributed by atoms with Crippen LogP contribution in [0.15, 0.2) is 54.6 Å². The van der Waals surface area contributed by atoms with Gasteiger partial charge in [0.25, 0.3) is 0 Å². The zero-order valence-electron chi connectivity index (χ0n) is 10.5. The van der Waals surface area contributed by atoms with Crippen LogP contribution in [0, 0.1) is 5.82 Å². The Labute approximate surface area is 111 Å². The van der Waals surface area contributed by atoms with Crippen molar-refractivity contribution in [3.8, 4) is 5.75 Å². The second-order valence-electron chi connectivity index (χ2n) is 4.20. The third-order valence-corrected chi connectivity index (χ3v) is 2.73. The Morgan fingerprint density at radius 1 is 1.00 bits per heavy atom. The Morgan fingerprint density at radius 2 is 1.68 bits per heavy atom. The minimum Gasteiger partial charge on any atom is -0.494 e. The molecule has 0 N–H and O–H groups in total. The minimum atomic E-state index is -0.286. The van der Waals surface area contributed by atoms with Crippen LogP contribution < -0.4 is 4.74 Å². The van der Waals surface area contributed by atoms with Crippen LogP contribution in [-0.2, 0) is 0 Å². The molecule has 19 heavy (non-hydrogen) atoms. The summed E-state index contributed by atoms with van der Waals surface area (Å²) in [6.07, 6.45) is 1.09. The molecule has 0 aliphatic rings. The van der Waals surface area contributed by atoms with Gasteiger partial charge in [-0.15, -0.1) is 0 Å². The molecule has 2 aromatic carbocycles. The first-order chi connectivity index (χ1) is 9.25. The zero-order valence-corrected chi connectivity index (χ0v) is 10.5. The standard InChI is InChI=1S/C16H15FO2/c17-14-8-10-15(11-9-14)19-12-4-7-16(18)13-5-2-1-3-6-13/h1-3,5-6,8-11H,4,7,12H2. The van der Waals surface area contributed by atoms with Crippen LogP contribution in [0.4, 0.5) is 4.39 Å². The van der Waals surface area contributed by atoms with Crippen LogP contribution in [0.3, 0.4) is 0 Å². The molecule has 0 bridgehead atoms. The molecule has 0 spiro atoms. The van der Waals surface area contributed by atoms with Crippen molar-refractivity contribution in [1.82, 2.24) is 0 Å². The molecule has 0 atom stereocenters. The molecule has 0 heterocycles. The number of hydrogen-bond donors (Lipinski definition) is 0. The van der Waals surface area contributed by atoms with E-state index in [1.54, 1.807) is 12.1 Å². The van der Waals surface area contributed by atoms with Gasteiger partial charge in [-0.25, -0.2) is 4.39 Å². The highest BCUT2D eigenvalue weighted by molar-refractivity contribution is 5.95. The van der Waals surface area contributed by atoms with Crippen LogP contribution in [-0.4, -0.2) is 12.4 Å². The molecule has 0 radical (unpaired) electrons. The van der Waals surface area contributed by atoms with Crippen molar-refractivity contribution in [2.75, 3.05) is 6.61 Å². The highest BCUT2D eigenvalue weighted by Crippen LogP contribution is 2.12. The fourth-order valence-corrected chi connectivity index (χ4v) is 1.72. The van der Waals surface area contributed by atoms with Gasteiger partial charge < -0.3 is 4.74 Å². The van der Waals surface area contributed by atoms with E-state index in [4.69, 9.17) is 4.74 Å². The van der Waals surface area contributed by atoms with E-state index in [1.165, 1.54) is 12.1 Å². The smallest absolute Gasteiger partial charge is 0.163 e. The van der Waals surface area contributed by atoms with Crippen molar-refractivity contribution < 1.29 is 13.9 Å². The quantitative estimate of drug-likeness (QED) is 0.580. The molecular weight excluding hydrogens is 243 g/mol. The maximum atomic E-state index is 12.7. The van der Waals surface area contributed by atoms with Crippen molar-refractivity contribution in [2.24, 2.45) is 0 Å². The number of rotatable bonds is 6. The molecule has 0 aliphatic heterocycles. The molecule has 2 rings (SSSR count). The number of carbonyl (C=O) groups is 1. The van der Waals surface area contributed by atoms with Gasteiger partial charge in [-0.3, -0.25) is 4.79 Å². The van der Waals surface area contributed by atoms with E-state index in [0.717, 1.165) is 5.56 Å². The number of hydrogen-bond acceptors (Lipinski definition) is 2. The Hall–Kier alpha value is -2.16. The summed E-state index contributed by atoms with van der Waals surface area (Å²) in [6, 6.07) is 15.1. The van der Waals surface area contributed by atoms with Crippen molar-refractivity contribution in [2.45, 2.75) is 12.8 Å². The van der Waals surface area contributed by atoms with Crippen LogP contribution in [0.5, 0.6) is 5.75 Å². The highest BCUT2D eigenvalue weighted by Gasteiger charge is 2.04. The summed E-state index contributed by atoms with van der Waals surface area (Å²) in [4.78, 5) is 11.8. The average molecular weight is 258 g/mol. The lowest BCUT2D eigenvalue weighted by Gasteiger charge is -2.05. The summed E-state index contributed by atoms with van der Waals surface area (Å²) in [5, 5.41) is 0. The molecule has 0 amide bonds. The van der Waals surface area contributed by atoms with E-state index in [-0.39, 0.29) is 11.6 Å². The van der Waals surface area contributed by atoms with Crippen molar-refractivity contribution in [3.05, 3.63) is 66.0 Å². The zero-order chi connectivity index (χ0) is 13.5. The van der Waals surface area contributed by atoms with Crippen LogP contribution >= 0.6 is 0 Å². The Balaban J connectivity index is 1.72. The molecule has 0 saturated heterocycles. The lowest BCUT2D eigenvalue weighted by molar-refractivity contribution is 0.0973. The molecule has 3 heteroatoms. The van der Waals surface area contributed by atoms with Gasteiger partial charge in [0.2, 0.25) is 0 Å². The molecule has 0 unspecified atom stereocenters. The predicted octanol–water partition coefficient (Wildman–Crippen LogP) is 3.87. The van der Waals surface area contributed by atoms with Gasteiger partial charge in [-0.05, 0) is 30.7 Å². The SMILES string of the molecule is O=C(CCCOc1ccc(F)cc1)c1ccccc1. The lowest BCUT2D eigenvalue weighted by atomic mass is 10.1. The lowest BCUT2D eigenvalue weighted by Crippen LogP contribution is -2.03. The van der Waals surface area contributed by atoms with Crippen molar-refractivity contribution >= 4 is 5.78 Å². The van der Waals surface area contributed by atoms with E-state index in [1.807, 2.05) is 30.3 Å². The minimum absolute atomic E-state index is 0.114. The highest BCUT2D eigenvalue weighted by atomic mass is 19.1. The van der Waals surface area contributed by atoms with Gasteiger partial charge in [-0.1, -0.05) is 30.3 Å². The summed E-state index contributed by atoms with van der Waals surface area (Å²) in [6.45, 7) is 0.449. The number of benzene rings is 2. The molecule has 98 valence electrons. The molecular formula is C16H15FO2. The monoisotopic (exact) mass is 258 g/mol. The van der Waals surface area contributed by atoms with Crippen molar-refractivity contribution in [3.63, 3.8) is 0 Å². The van der Waals surface area contributed by atoms with Crippen LogP contribution in [0.25, 0.3) is 0 Å².